The van der Waals surface area contributed by atoms with Gasteiger partial charge in [0, 0.05) is 0 Å². The molecule has 0 saturated carbocycles. The van der Waals surface area contributed by atoms with Crippen LogP contribution in [0.5, 0.6) is 0 Å². The third kappa shape index (κ3) is 1.93. The third-order valence-electron chi connectivity index (χ3n) is 3.21. The van der Waals surface area contributed by atoms with Gasteiger partial charge in [-0.25, -0.2) is 14.2 Å². The minimum atomic E-state index is -0.990. The Morgan fingerprint density at radius 2 is 2.05 bits per heavy atom. The van der Waals surface area contributed by atoms with Gasteiger partial charge in [0.1, 0.15) is 12.1 Å². The van der Waals surface area contributed by atoms with E-state index >= 15 is 0 Å². The highest BCUT2D eigenvalue weighted by molar-refractivity contribution is 5.92. The van der Waals surface area contributed by atoms with E-state index in [9.17, 15) is 9.18 Å². The van der Waals surface area contributed by atoms with Gasteiger partial charge >= 0.3 is 5.97 Å². The molecule has 3 aromatic rings. The number of carboxylic acid groups (broad SMARTS) is 1. The van der Waals surface area contributed by atoms with Crippen molar-refractivity contribution in [3.05, 3.63) is 59.7 Å². The zero-order chi connectivity index (χ0) is 14.3. The smallest absolute Gasteiger partial charge is 0.335 e. The van der Waals surface area contributed by atoms with Gasteiger partial charge in [0.25, 0.3) is 0 Å². The van der Waals surface area contributed by atoms with E-state index in [1.54, 1.807) is 36.0 Å². The number of hydrogen-bond acceptors (Lipinski definition) is 2. The summed E-state index contributed by atoms with van der Waals surface area (Å²) in [4.78, 5) is 15.3. The van der Waals surface area contributed by atoms with Crippen LogP contribution in [0.1, 0.15) is 15.9 Å². The van der Waals surface area contributed by atoms with Crippen LogP contribution < -0.4 is 0 Å². The summed E-state index contributed by atoms with van der Waals surface area (Å²) in [5.74, 6) is -1.29. The van der Waals surface area contributed by atoms with Gasteiger partial charge < -0.3 is 5.11 Å². The molecule has 3 rings (SSSR count). The van der Waals surface area contributed by atoms with E-state index in [1.165, 1.54) is 18.2 Å². The van der Waals surface area contributed by atoms with Gasteiger partial charge in [-0.05, 0) is 48.9 Å². The molecule has 0 amide bonds. The summed E-state index contributed by atoms with van der Waals surface area (Å²) in [6.07, 6.45) is 1.61. The number of imidazole rings is 1. The van der Waals surface area contributed by atoms with Crippen LogP contribution in [0.4, 0.5) is 4.39 Å². The van der Waals surface area contributed by atoms with E-state index in [0.29, 0.717) is 11.0 Å². The second-order valence-electron chi connectivity index (χ2n) is 4.55. The van der Waals surface area contributed by atoms with Crippen molar-refractivity contribution < 1.29 is 14.3 Å². The summed E-state index contributed by atoms with van der Waals surface area (Å²) < 4.78 is 14.9. The molecule has 0 aliphatic carbocycles. The number of aromatic nitrogens is 2. The molecule has 20 heavy (non-hydrogen) atoms. The van der Waals surface area contributed by atoms with Crippen LogP contribution in [-0.2, 0) is 0 Å². The molecule has 0 bridgehead atoms. The van der Waals surface area contributed by atoms with Crippen LogP contribution in [-0.4, -0.2) is 20.6 Å². The Labute approximate surface area is 114 Å². The van der Waals surface area contributed by atoms with Gasteiger partial charge in [-0.2, -0.15) is 0 Å². The molecule has 0 radical (unpaired) electrons. The van der Waals surface area contributed by atoms with Crippen molar-refractivity contribution in [2.24, 2.45) is 0 Å². The van der Waals surface area contributed by atoms with E-state index in [-0.39, 0.29) is 11.4 Å². The lowest BCUT2D eigenvalue weighted by atomic mass is 10.1. The molecule has 0 spiro atoms. The fourth-order valence-electron chi connectivity index (χ4n) is 2.22. The monoisotopic (exact) mass is 270 g/mol. The van der Waals surface area contributed by atoms with Gasteiger partial charge in [-0.1, -0.05) is 0 Å². The van der Waals surface area contributed by atoms with Gasteiger partial charge in [0.15, 0.2) is 0 Å². The zero-order valence-electron chi connectivity index (χ0n) is 10.7. The molecule has 1 N–H and O–H groups in total. The van der Waals surface area contributed by atoms with Gasteiger partial charge in [-0.3, -0.25) is 4.57 Å². The van der Waals surface area contributed by atoms with Gasteiger partial charge in [0.2, 0.25) is 0 Å². The van der Waals surface area contributed by atoms with Crippen molar-refractivity contribution in [3.63, 3.8) is 0 Å². The maximum Gasteiger partial charge on any atom is 0.335 e. The summed E-state index contributed by atoms with van der Waals surface area (Å²) in [7, 11) is 0. The first kappa shape index (κ1) is 12.3. The summed E-state index contributed by atoms with van der Waals surface area (Å²) in [5, 5.41) is 9.05. The Morgan fingerprint density at radius 3 is 2.75 bits per heavy atom. The molecule has 4 nitrogen and oxygen atoms in total. The van der Waals surface area contributed by atoms with Crippen LogP contribution in [0.15, 0.2) is 42.7 Å². The van der Waals surface area contributed by atoms with Crippen LogP contribution in [0, 0.1) is 12.7 Å². The van der Waals surface area contributed by atoms with Gasteiger partial charge in [0.05, 0.1) is 22.3 Å². The minimum absolute atomic E-state index is 0.194. The number of rotatable bonds is 2. The van der Waals surface area contributed by atoms with E-state index in [1.807, 2.05) is 0 Å². The zero-order valence-corrected chi connectivity index (χ0v) is 10.7. The fourth-order valence-corrected chi connectivity index (χ4v) is 2.22. The van der Waals surface area contributed by atoms with Gasteiger partial charge in [-0.15, -0.1) is 0 Å². The third-order valence-corrected chi connectivity index (χ3v) is 3.21. The Balaban J connectivity index is 2.25. The van der Waals surface area contributed by atoms with Crippen LogP contribution >= 0.6 is 0 Å². The first-order chi connectivity index (χ1) is 9.56. The van der Waals surface area contributed by atoms with Crippen LogP contribution in [0.25, 0.3) is 16.7 Å². The molecule has 0 saturated heterocycles. The first-order valence-corrected chi connectivity index (χ1v) is 6.03. The Kier molecular flexibility index (Phi) is 2.75. The molecule has 0 atom stereocenters. The summed E-state index contributed by atoms with van der Waals surface area (Å²) >= 11 is 0. The average Bonchev–Trinajstić information content (AvgIpc) is 2.81. The number of halogens is 1. The quantitative estimate of drug-likeness (QED) is 0.778. The van der Waals surface area contributed by atoms with Crippen molar-refractivity contribution in [2.75, 3.05) is 0 Å². The van der Waals surface area contributed by atoms with Crippen LogP contribution in [0.3, 0.4) is 0 Å². The second-order valence-corrected chi connectivity index (χ2v) is 4.55. The average molecular weight is 270 g/mol. The van der Waals surface area contributed by atoms with Crippen molar-refractivity contribution in [2.45, 2.75) is 6.92 Å². The fraction of sp³-hybridized carbons (Fsp3) is 0.0667. The highest BCUT2D eigenvalue weighted by Gasteiger charge is 2.10. The van der Waals surface area contributed by atoms with Crippen molar-refractivity contribution in [3.8, 4) is 5.69 Å². The van der Waals surface area contributed by atoms with Crippen molar-refractivity contribution in [1.82, 2.24) is 9.55 Å². The predicted molar refractivity (Wildman–Crippen MR) is 72.7 cm³/mol. The second kappa shape index (κ2) is 4.45. The first-order valence-electron chi connectivity index (χ1n) is 6.03. The van der Waals surface area contributed by atoms with Crippen LogP contribution in [0.2, 0.25) is 0 Å². The number of hydrogen-bond donors (Lipinski definition) is 1. The number of carbonyl (C=O) groups is 1. The van der Waals surface area contributed by atoms with Crippen molar-refractivity contribution in [1.29, 1.82) is 0 Å². The summed E-state index contributed by atoms with van der Waals surface area (Å²) in [6.45, 7) is 1.80. The molecule has 2 aromatic carbocycles. The Hall–Kier alpha value is -2.69. The summed E-state index contributed by atoms with van der Waals surface area (Å²) in [6, 6.07) is 9.19. The number of carboxylic acids is 1. The van der Waals surface area contributed by atoms with E-state index in [4.69, 9.17) is 5.11 Å². The lowest BCUT2D eigenvalue weighted by molar-refractivity contribution is 0.0697. The number of benzene rings is 2. The maximum atomic E-state index is 13.2. The maximum absolute atomic E-state index is 13.2. The lowest BCUT2D eigenvalue weighted by Gasteiger charge is -2.08. The largest absolute Gasteiger partial charge is 0.478 e. The summed E-state index contributed by atoms with van der Waals surface area (Å²) in [5.41, 5.74) is 3.10. The molecule has 1 aromatic heterocycles. The SMILES string of the molecule is Cc1cc(F)ccc1-n1cnc2ccc(C(=O)O)cc21. The highest BCUT2D eigenvalue weighted by Crippen LogP contribution is 2.22. The highest BCUT2D eigenvalue weighted by atomic mass is 19.1. The van der Waals surface area contributed by atoms with E-state index in [0.717, 1.165) is 11.3 Å². The van der Waals surface area contributed by atoms with E-state index < -0.39 is 5.97 Å². The molecule has 100 valence electrons. The molecule has 0 fully saturated rings. The normalized spacial score (nSPS) is 10.9. The molecule has 1 heterocycles. The predicted octanol–water partition coefficient (Wildman–Crippen LogP) is 3.17. The van der Waals surface area contributed by atoms with Crippen molar-refractivity contribution >= 4 is 17.0 Å². The number of nitrogens with zero attached hydrogens (tertiary/aromatic N) is 2. The minimum Gasteiger partial charge on any atom is -0.478 e. The Bertz CT molecular complexity index is 824. The van der Waals surface area contributed by atoms with E-state index in [2.05, 4.69) is 4.98 Å². The molecule has 0 unspecified atom stereocenters. The molecule has 0 aliphatic heterocycles. The molecule has 0 aliphatic rings. The Morgan fingerprint density at radius 1 is 1.25 bits per heavy atom. The topological polar surface area (TPSA) is 55.1 Å². The lowest BCUT2D eigenvalue weighted by Crippen LogP contribution is -1.99. The molecular formula is C15H11FN2O2. The molecular weight excluding hydrogens is 259 g/mol. The number of aryl methyl sites for hydroxylation is 1. The molecule has 5 heteroatoms. The standard InChI is InChI=1S/C15H11FN2O2/c1-9-6-11(16)3-5-13(9)18-8-17-12-4-2-10(15(19)20)7-14(12)18/h2-8H,1H3,(H,19,20). The number of aromatic carboxylic acids is 1. The number of fused-ring (bicyclic) bond motifs is 1.